The van der Waals surface area contributed by atoms with E-state index in [4.69, 9.17) is 5.11 Å². The van der Waals surface area contributed by atoms with Gasteiger partial charge in [0.05, 0.1) is 5.60 Å². The highest BCUT2D eigenvalue weighted by Crippen LogP contribution is 2.43. The summed E-state index contributed by atoms with van der Waals surface area (Å²) in [5, 5.41) is 18.6. The Morgan fingerprint density at radius 3 is 2.53 bits per heavy atom. The summed E-state index contributed by atoms with van der Waals surface area (Å²) in [7, 11) is 0. The van der Waals surface area contributed by atoms with Crippen LogP contribution >= 0.6 is 0 Å². The zero-order chi connectivity index (χ0) is 11.6. The fourth-order valence-electron chi connectivity index (χ4n) is 2.37. The van der Waals surface area contributed by atoms with Crippen molar-refractivity contribution in [2.24, 2.45) is 11.8 Å². The molecule has 1 fully saturated rings. The molecule has 3 unspecified atom stereocenters. The standard InChI is InChI=1S/C12H20O3/c1-8(4-5-11(13)14)10-6-7-12(3,15)9(10)2/h9-10,15H,1,4-7H2,2-3H3,(H,13,14). The number of carboxylic acids is 1. The van der Waals surface area contributed by atoms with E-state index >= 15 is 0 Å². The van der Waals surface area contributed by atoms with E-state index in [0.29, 0.717) is 6.42 Å². The predicted octanol–water partition coefficient (Wildman–Crippen LogP) is 2.20. The van der Waals surface area contributed by atoms with E-state index in [9.17, 15) is 9.90 Å². The van der Waals surface area contributed by atoms with E-state index in [1.54, 1.807) is 0 Å². The second-order valence-corrected chi connectivity index (χ2v) is 4.84. The Morgan fingerprint density at radius 1 is 1.53 bits per heavy atom. The van der Waals surface area contributed by atoms with Crippen molar-refractivity contribution in [3.63, 3.8) is 0 Å². The highest BCUT2D eigenvalue weighted by atomic mass is 16.4. The van der Waals surface area contributed by atoms with Crippen LogP contribution in [0.25, 0.3) is 0 Å². The maximum absolute atomic E-state index is 10.4. The largest absolute Gasteiger partial charge is 0.481 e. The summed E-state index contributed by atoms with van der Waals surface area (Å²) in [6.45, 7) is 7.82. The highest BCUT2D eigenvalue weighted by molar-refractivity contribution is 5.67. The van der Waals surface area contributed by atoms with Gasteiger partial charge in [0.1, 0.15) is 0 Å². The van der Waals surface area contributed by atoms with Crippen LogP contribution in [0.2, 0.25) is 0 Å². The van der Waals surface area contributed by atoms with Gasteiger partial charge in [0, 0.05) is 6.42 Å². The van der Waals surface area contributed by atoms with Crippen molar-refractivity contribution < 1.29 is 15.0 Å². The first-order chi connectivity index (χ1) is 6.84. The minimum atomic E-state index is -0.784. The predicted molar refractivity (Wildman–Crippen MR) is 58.5 cm³/mol. The van der Waals surface area contributed by atoms with E-state index in [1.165, 1.54) is 0 Å². The second-order valence-electron chi connectivity index (χ2n) is 4.84. The van der Waals surface area contributed by atoms with Crippen molar-refractivity contribution in [1.82, 2.24) is 0 Å². The summed E-state index contributed by atoms with van der Waals surface area (Å²) in [5.74, 6) is -0.327. The van der Waals surface area contributed by atoms with Crippen molar-refractivity contribution in [3.05, 3.63) is 12.2 Å². The average molecular weight is 212 g/mol. The summed E-state index contributed by atoms with van der Waals surface area (Å²) < 4.78 is 0. The number of allylic oxidation sites excluding steroid dienone is 1. The fourth-order valence-corrected chi connectivity index (χ4v) is 2.37. The summed E-state index contributed by atoms with van der Waals surface area (Å²) in [6.07, 6.45) is 2.38. The van der Waals surface area contributed by atoms with Gasteiger partial charge in [-0.25, -0.2) is 0 Å². The van der Waals surface area contributed by atoms with Crippen LogP contribution in [0.5, 0.6) is 0 Å². The molecule has 0 heterocycles. The van der Waals surface area contributed by atoms with Gasteiger partial charge >= 0.3 is 5.97 Å². The number of hydrogen-bond donors (Lipinski definition) is 2. The number of hydrogen-bond acceptors (Lipinski definition) is 2. The van der Waals surface area contributed by atoms with Crippen molar-refractivity contribution >= 4 is 5.97 Å². The number of aliphatic hydroxyl groups is 1. The highest BCUT2D eigenvalue weighted by Gasteiger charge is 2.41. The van der Waals surface area contributed by atoms with Gasteiger partial charge in [0.15, 0.2) is 0 Å². The van der Waals surface area contributed by atoms with Crippen LogP contribution in [0.4, 0.5) is 0 Å². The molecule has 15 heavy (non-hydrogen) atoms. The van der Waals surface area contributed by atoms with Crippen molar-refractivity contribution in [2.75, 3.05) is 0 Å². The van der Waals surface area contributed by atoms with Gasteiger partial charge in [-0.1, -0.05) is 19.1 Å². The molecule has 1 rings (SSSR count). The first kappa shape index (κ1) is 12.2. The van der Waals surface area contributed by atoms with Gasteiger partial charge in [0.25, 0.3) is 0 Å². The van der Waals surface area contributed by atoms with Gasteiger partial charge in [-0.15, -0.1) is 0 Å². The molecule has 0 amide bonds. The quantitative estimate of drug-likeness (QED) is 0.702. The third-order valence-electron chi connectivity index (χ3n) is 3.73. The first-order valence-corrected chi connectivity index (χ1v) is 5.46. The molecule has 0 spiro atoms. The molecule has 86 valence electrons. The molecule has 0 aromatic carbocycles. The zero-order valence-electron chi connectivity index (χ0n) is 9.49. The van der Waals surface area contributed by atoms with Crippen LogP contribution in [-0.2, 0) is 4.79 Å². The molecule has 0 saturated heterocycles. The molecule has 1 aliphatic carbocycles. The molecule has 1 aliphatic rings. The normalized spacial score (nSPS) is 35.4. The summed E-state index contributed by atoms with van der Waals surface area (Å²) >= 11 is 0. The molecule has 0 aliphatic heterocycles. The van der Waals surface area contributed by atoms with Crippen LogP contribution in [0.15, 0.2) is 12.2 Å². The van der Waals surface area contributed by atoms with Gasteiger partial charge in [-0.05, 0) is 38.0 Å². The number of carboxylic acid groups (broad SMARTS) is 1. The first-order valence-electron chi connectivity index (χ1n) is 5.46. The van der Waals surface area contributed by atoms with Crippen molar-refractivity contribution in [1.29, 1.82) is 0 Å². The average Bonchev–Trinajstić information content (AvgIpc) is 2.39. The monoisotopic (exact) mass is 212 g/mol. The van der Waals surface area contributed by atoms with E-state index < -0.39 is 11.6 Å². The molecule has 2 N–H and O–H groups in total. The topological polar surface area (TPSA) is 57.5 Å². The van der Waals surface area contributed by atoms with Crippen LogP contribution in [0.3, 0.4) is 0 Å². The summed E-state index contributed by atoms with van der Waals surface area (Å²) in [6, 6.07) is 0. The molecular formula is C12H20O3. The Morgan fingerprint density at radius 2 is 2.13 bits per heavy atom. The molecule has 0 bridgehead atoms. The SMILES string of the molecule is C=C(CCC(=O)O)C1CCC(C)(O)C1C. The lowest BCUT2D eigenvalue weighted by Crippen LogP contribution is -2.29. The minimum Gasteiger partial charge on any atom is -0.481 e. The molecular weight excluding hydrogens is 192 g/mol. The lowest BCUT2D eigenvalue weighted by molar-refractivity contribution is -0.136. The molecule has 3 atom stereocenters. The third kappa shape index (κ3) is 2.81. The van der Waals surface area contributed by atoms with E-state index in [0.717, 1.165) is 18.4 Å². The Balaban J connectivity index is 2.52. The Bertz CT molecular complexity index is 268. The van der Waals surface area contributed by atoms with E-state index in [-0.39, 0.29) is 18.3 Å². The Labute approximate surface area is 90.8 Å². The zero-order valence-corrected chi connectivity index (χ0v) is 9.49. The third-order valence-corrected chi connectivity index (χ3v) is 3.73. The van der Waals surface area contributed by atoms with Crippen LogP contribution in [0, 0.1) is 11.8 Å². The Kier molecular flexibility index (Phi) is 3.55. The molecule has 3 heteroatoms. The van der Waals surface area contributed by atoms with Crippen molar-refractivity contribution in [2.45, 2.75) is 45.1 Å². The second kappa shape index (κ2) is 4.35. The summed E-state index contributed by atoms with van der Waals surface area (Å²) in [4.78, 5) is 10.4. The van der Waals surface area contributed by atoms with Gasteiger partial charge in [-0.3, -0.25) is 4.79 Å². The van der Waals surface area contributed by atoms with E-state index in [1.807, 2.05) is 13.8 Å². The van der Waals surface area contributed by atoms with Crippen LogP contribution < -0.4 is 0 Å². The lowest BCUT2D eigenvalue weighted by atomic mass is 9.83. The van der Waals surface area contributed by atoms with Crippen LogP contribution in [0.1, 0.15) is 39.5 Å². The van der Waals surface area contributed by atoms with Gasteiger partial charge in [-0.2, -0.15) is 0 Å². The maximum Gasteiger partial charge on any atom is 0.303 e. The Hall–Kier alpha value is -0.830. The summed E-state index contributed by atoms with van der Waals surface area (Å²) in [5.41, 5.74) is 0.360. The van der Waals surface area contributed by atoms with E-state index in [2.05, 4.69) is 6.58 Å². The lowest BCUT2D eigenvalue weighted by Gasteiger charge is -2.26. The molecule has 1 saturated carbocycles. The minimum absolute atomic E-state index is 0.143. The maximum atomic E-state index is 10.4. The van der Waals surface area contributed by atoms with Crippen molar-refractivity contribution in [3.8, 4) is 0 Å². The number of carbonyl (C=O) groups is 1. The van der Waals surface area contributed by atoms with Gasteiger partial charge < -0.3 is 10.2 Å². The van der Waals surface area contributed by atoms with Gasteiger partial charge in [0.2, 0.25) is 0 Å². The fraction of sp³-hybridized carbons (Fsp3) is 0.750. The molecule has 3 nitrogen and oxygen atoms in total. The molecule has 0 aromatic rings. The number of rotatable bonds is 4. The van der Waals surface area contributed by atoms with Crippen LogP contribution in [-0.4, -0.2) is 21.8 Å². The molecule has 0 aromatic heterocycles. The molecule has 0 radical (unpaired) electrons. The smallest absolute Gasteiger partial charge is 0.303 e. The number of aliphatic carboxylic acids is 1.